The Balaban J connectivity index is 1.57. The summed E-state index contributed by atoms with van der Waals surface area (Å²) in [6.45, 7) is 6.03. The molecule has 1 heterocycles. The fourth-order valence-electron chi connectivity index (χ4n) is 2.54. The van der Waals surface area contributed by atoms with Crippen LogP contribution >= 0.6 is 0 Å². The summed E-state index contributed by atoms with van der Waals surface area (Å²) >= 11 is 0. The summed E-state index contributed by atoms with van der Waals surface area (Å²) in [4.78, 5) is 12.2. The van der Waals surface area contributed by atoms with Crippen LogP contribution in [0.3, 0.4) is 0 Å². The van der Waals surface area contributed by atoms with Crippen molar-refractivity contribution in [2.24, 2.45) is 0 Å². The third-order valence-corrected chi connectivity index (χ3v) is 4.21. The first-order chi connectivity index (χ1) is 12.5. The van der Waals surface area contributed by atoms with Gasteiger partial charge in [-0.3, -0.25) is 4.79 Å². The fourth-order valence-corrected chi connectivity index (χ4v) is 2.54. The Morgan fingerprint density at radius 3 is 2.77 bits per heavy atom. The molecule has 0 bridgehead atoms. The quantitative estimate of drug-likeness (QED) is 0.738. The number of aromatic nitrogens is 4. The number of hydrogen-bond donors (Lipinski definition) is 1. The van der Waals surface area contributed by atoms with Gasteiger partial charge < -0.3 is 10.1 Å². The SMILES string of the molecule is Cc1ccc(C(C)NC(=O)COc2cccc(-n3cnnn3)c2)cc1C. The van der Waals surface area contributed by atoms with Crippen LogP contribution < -0.4 is 10.1 Å². The first kappa shape index (κ1) is 17.6. The molecular formula is C19H21N5O2. The Labute approximate surface area is 152 Å². The fraction of sp³-hybridized carbons (Fsp3) is 0.263. The number of amides is 1. The minimum Gasteiger partial charge on any atom is -0.484 e. The zero-order chi connectivity index (χ0) is 18.5. The third-order valence-electron chi connectivity index (χ3n) is 4.21. The van der Waals surface area contributed by atoms with Crippen molar-refractivity contribution in [1.29, 1.82) is 0 Å². The molecule has 26 heavy (non-hydrogen) atoms. The molecule has 3 rings (SSSR count). The molecule has 7 nitrogen and oxygen atoms in total. The highest BCUT2D eigenvalue weighted by molar-refractivity contribution is 5.78. The molecule has 0 spiro atoms. The minimum atomic E-state index is -0.177. The molecule has 0 aliphatic heterocycles. The van der Waals surface area contributed by atoms with Crippen LogP contribution in [-0.4, -0.2) is 32.7 Å². The maximum absolute atomic E-state index is 12.2. The number of ether oxygens (including phenoxy) is 1. The second kappa shape index (κ2) is 7.77. The van der Waals surface area contributed by atoms with Gasteiger partial charge in [-0.1, -0.05) is 24.3 Å². The second-order valence-corrected chi connectivity index (χ2v) is 6.17. The summed E-state index contributed by atoms with van der Waals surface area (Å²) in [7, 11) is 0. The van der Waals surface area contributed by atoms with Crippen LogP contribution in [0.2, 0.25) is 0 Å². The molecule has 0 aliphatic rings. The summed E-state index contributed by atoms with van der Waals surface area (Å²) in [5.74, 6) is 0.399. The Morgan fingerprint density at radius 2 is 2.04 bits per heavy atom. The zero-order valence-electron chi connectivity index (χ0n) is 15.0. The molecule has 0 radical (unpaired) electrons. The molecule has 7 heteroatoms. The maximum atomic E-state index is 12.2. The van der Waals surface area contributed by atoms with Gasteiger partial charge in [0.1, 0.15) is 12.1 Å². The number of aryl methyl sites for hydroxylation is 2. The molecule has 0 aliphatic carbocycles. The Hall–Kier alpha value is -3.22. The van der Waals surface area contributed by atoms with Crippen molar-refractivity contribution < 1.29 is 9.53 Å². The lowest BCUT2D eigenvalue weighted by Crippen LogP contribution is -2.31. The summed E-state index contributed by atoms with van der Waals surface area (Å²) in [5.41, 5.74) is 4.27. The molecule has 0 fully saturated rings. The average Bonchev–Trinajstić information content (AvgIpc) is 3.17. The number of tetrazole rings is 1. The molecule has 2 aromatic carbocycles. The Kier molecular flexibility index (Phi) is 5.26. The van der Waals surface area contributed by atoms with E-state index in [2.05, 4.69) is 46.8 Å². The van der Waals surface area contributed by atoms with Crippen LogP contribution in [0.4, 0.5) is 0 Å². The summed E-state index contributed by atoms with van der Waals surface area (Å²) in [5, 5.41) is 14.0. The maximum Gasteiger partial charge on any atom is 0.258 e. The van der Waals surface area contributed by atoms with Crippen molar-refractivity contribution in [2.75, 3.05) is 6.61 Å². The number of nitrogens with one attached hydrogen (secondary N) is 1. The molecule has 1 amide bonds. The summed E-state index contributed by atoms with van der Waals surface area (Å²) < 4.78 is 7.11. The van der Waals surface area contributed by atoms with Crippen molar-refractivity contribution in [1.82, 2.24) is 25.5 Å². The third kappa shape index (κ3) is 4.24. The van der Waals surface area contributed by atoms with Crippen LogP contribution in [0, 0.1) is 13.8 Å². The van der Waals surface area contributed by atoms with Crippen LogP contribution in [-0.2, 0) is 4.79 Å². The number of rotatable bonds is 6. The molecule has 0 saturated carbocycles. The van der Waals surface area contributed by atoms with Crippen molar-refractivity contribution in [3.63, 3.8) is 0 Å². The van der Waals surface area contributed by atoms with E-state index in [1.54, 1.807) is 12.1 Å². The van der Waals surface area contributed by atoms with Gasteiger partial charge in [-0.2, -0.15) is 0 Å². The molecule has 1 atom stereocenters. The normalized spacial score (nSPS) is 11.8. The number of benzene rings is 2. The van der Waals surface area contributed by atoms with Gasteiger partial charge in [0.25, 0.3) is 5.91 Å². The van der Waals surface area contributed by atoms with Gasteiger partial charge in [0.15, 0.2) is 6.61 Å². The average molecular weight is 351 g/mol. The van der Waals surface area contributed by atoms with Crippen molar-refractivity contribution in [3.05, 3.63) is 65.5 Å². The van der Waals surface area contributed by atoms with Crippen molar-refractivity contribution in [2.45, 2.75) is 26.8 Å². The van der Waals surface area contributed by atoms with Gasteiger partial charge in [0, 0.05) is 6.07 Å². The first-order valence-corrected chi connectivity index (χ1v) is 8.35. The van der Waals surface area contributed by atoms with Gasteiger partial charge in [-0.05, 0) is 60.0 Å². The van der Waals surface area contributed by atoms with E-state index < -0.39 is 0 Å². The van der Waals surface area contributed by atoms with E-state index in [1.165, 1.54) is 22.1 Å². The number of carbonyl (C=O) groups excluding carboxylic acids is 1. The predicted molar refractivity (Wildman–Crippen MR) is 97.1 cm³/mol. The molecule has 134 valence electrons. The molecule has 0 saturated heterocycles. The van der Waals surface area contributed by atoms with E-state index in [-0.39, 0.29) is 18.6 Å². The lowest BCUT2D eigenvalue weighted by molar-refractivity contribution is -0.123. The monoisotopic (exact) mass is 351 g/mol. The van der Waals surface area contributed by atoms with Gasteiger partial charge in [0.2, 0.25) is 0 Å². The first-order valence-electron chi connectivity index (χ1n) is 8.35. The second-order valence-electron chi connectivity index (χ2n) is 6.17. The van der Waals surface area contributed by atoms with E-state index >= 15 is 0 Å². The van der Waals surface area contributed by atoms with Gasteiger partial charge in [-0.15, -0.1) is 5.10 Å². The number of hydrogen-bond acceptors (Lipinski definition) is 5. The van der Waals surface area contributed by atoms with Crippen LogP contribution in [0.25, 0.3) is 5.69 Å². The lowest BCUT2D eigenvalue weighted by atomic mass is 10.0. The van der Waals surface area contributed by atoms with E-state index in [0.717, 1.165) is 11.3 Å². The molecule has 1 unspecified atom stereocenters. The lowest BCUT2D eigenvalue weighted by Gasteiger charge is -2.16. The largest absolute Gasteiger partial charge is 0.484 e. The summed E-state index contributed by atoms with van der Waals surface area (Å²) in [6.07, 6.45) is 1.50. The highest BCUT2D eigenvalue weighted by Gasteiger charge is 2.11. The van der Waals surface area contributed by atoms with Gasteiger partial charge in [-0.25, -0.2) is 4.68 Å². The topological polar surface area (TPSA) is 81.9 Å². The molecular weight excluding hydrogens is 330 g/mol. The van der Waals surface area contributed by atoms with Gasteiger partial charge >= 0.3 is 0 Å². The highest BCUT2D eigenvalue weighted by atomic mass is 16.5. The molecule has 1 N–H and O–H groups in total. The predicted octanol–water partition coefficient (Wildman–Crippen LogP) is 2.54. The Bertz CT molecular complexity index is 893. The molecule has 1 aromatic heterocycles. The highest BCUT2D eigenvalue weighted by Crippen LogP contribution is 2.18. The standard InChI is InChI=1S/C19H21N5O2/c1-13-7-8-16(9-14(13)2)15(3)21-19(25)11-26-18-6-4-5-17(10-18)24-12-20-22-23-24/h4-10,12,15H,11H2,1-3H3,(H,21,25). The van der Waals surface area contributed by atoms with Crippen molar-refractivity contribution in [3.8, 4) is 11.4 Å². The Morgan fingerprint density at radius 1 is 1.19 bits per heavy atom. The van der Waals surface area contributed by atoms with Crippen LogP contribution in [0.15, 0.2) is 48.8 Å². The minimum absolute atomic E-state index is 0.0613. The summed E-state index contributed by atoms with van der Waals surface area (Å²) in [6, 6.07) is 13.3. The van der Waals surface area contributed by atoms with Crippen LogP contribution in [0.5, 0.6) is 5.75 Å². The molecule has 3 aromatic rings. The van der Waals surface area contributed by atoms with Crippen molar-refractivity contribution >= 4 is 5.91 Å². The van der Waals surface area contributed by atoms with Crippen LogP contribution in [0.1, 0.15) is 29.7 Å². The van der Waals surface area contributed by atoms with E-state index in [4.69, 9.17) is 4.74 Å². The van der Waals surface area contributed by atoms with E-state index in [0.29, 0.717) is 5.75 Å². The van der Waals surface area contributed by atoms with Gasteiger partial charge in [0.05, 0.1) is 11.7 Å². The zero-order valence-corrected chi connectivity index (χ0v) is 15.0. The van der Waals surface area contributed by atoms with E-state index in [1.807, 2.05) is 25.1 Å². The smallest absolute Gasteiger partial charge is 0.258 e. The number of nitrogens with zero attached hydrogens (tertiary/aromatic N) is 4. The number of carbonyl (C=O) groups is 1. The van der Waals surface area contributed by atoms with E-state index in [9.17, 15) is 4.79 Å².